The number of carboxylic acids is 1. The highest BCUT2D eigenvalue weighted by Gasteiger charge is 2.48. The molecule has 0 saturated carbocycles. The lowest BCUT2D eigenvalue weighted by Gasteiger charge is -2.23. The molecular formula is C14H15F2NO3. The number of rotatable bonds is 3. The summed E-state index contributed by atoms with van der Waals surface area (Å²) in [7, 11) is 0. The van der Waals surface area contributed by atoms with E-state index in [1.54, 1.807) is 13.0 Å². The highest BCUT2D eigenvalue weighted by molar-refractivity contribution is 5.86. The maximum absolute atomic E-state index is 14.1. The van der Waals surface area contributed by atoms with Crippen molar-refractivity contribution in [2.24, 2.45) is 11.8 Å². The van der Waals surface area contributed by atoms with Crippen LogP contribution < -0.4 is 0 Å². The first-order valence-electron chi connectivity index (χ1n) is 6.29. The quantitative estimate of drug-likeness (QED) is 0.922. The first kappa shape index (κ1) is 14.4. The molecule has 1 N–H and O–H groups in total. The Kier molecular flexibility index (Phi) is 3.74. The van der Waals surface area contributed by atoms with Gasteiger partial charge < -0.3 is 10.0 Å². The van der Waals surface area contributed by atoms with Gasteiger partial charge in [0.25, 0.3) is 5.91 Å². The van der Waals surface area contributed by atoms with Crippen molar-refractivity contribution in [1.82, 2.24) is 4.90 Å². The van der Waals surface area contributed by atoms with Crippen LogP contribution >= 0.6 is 0 Å². The molecule has 1 saturated heterocycles. The minimum atomic E-state index is -3.63. The molecule has 4 nitrogen and oxygen atoms in total. The van der Waals surface area contributed by atoms with Gasteiger partial charge in [-0.2, -0.15) is 8.78 Å². The number of nitrogens with zero attached hydrogens (tertiary/aromatic N) is 1. The van der Waals surface area contributed by atoms with Crippen LogP contribution in [0.25, 0.3) is 0 Å². The van der Waals surface area contributed by atoms with Crippen molar-refractivity contribution in [3.63, 3.8) is 0 Å². The fourth-order valence-corrected chi connectivity index (χ4v) is 2.42. The third-order valence-corrected chi connectivity index (χ3v) is 3.62. The molecule has 1 heterocycles. The Labute approximate surface area is 115 Å². The Morgan fingerprint density at radius 2 is 1.85 bits per heavy atom. The minimum Gasteiger partial charge on any atom is -0.481 e. The van der Waals surface area contributed by atoms with Crippen LogP contribution in [-0.4, -0.2) is 35.0 Å². The Balaban J connectivity index is 2.18. The SMILES string of the molecule is C[C@@H]1CN(C(=O)C(F)(F)c2ccccc2)C[C@H]1C(=O)O. The summed E-state index contributed by atoms with van der Waals surface area (Å²) in [6.45, 7) is 1.52. The number of hydrogen-bond donors (Lipinski definition) is 1. The van der Waals surface area contributed by atoms with Crippen molar-refractivity contribution in [2.75, 3.05) is 13.1 Å². The molecule has 0 aromatic heterocycles. The molecule has 0 aliphatic carbocycles. The van der Waals surface area contributed by atoms with E-state index in [1.807, 2.05) is 0 Å². The van der Waals surface area contributed by atoms with Gasteiger partial charge in [-0.25, -0.2) is 0 Å². The molecule has 1 aromatic rings. The number of carboxylic acid groups (broad SMARTS) is 1. The van der Waals surface area contributed by atoms with Crippen LogP contribution in [0, 0.1) is 11.8 Å². The average molecular weight is 283 g/mol. The lowest BCUT2D eigenvalue weighted by Crippen LogP contribution is -2.41. The number of halogens is 2. The minimum absolute atomic E-state index is 0.0399. The normalized spacial score (nSPS) is 22.9. The summed E-state index contributed by atoms with van der Waals surface area (Å²) in [5.41, 5.74) is -0.378. The zero-order valence-electron chi connectivity index (χ0n) is 10.9. The van der Waals surface area contributed by atoms with Gasteiger partial charge in [0, 0.05) is 18.7 Å². The number of amides is 1. The van der Waals surface area contributed by atoms with Gasteiger partial charge in [-0.3, -0.25) is 9.59 Å². The summed E-state index contributed by atoms with van der Waals surface area (Å²) in [4.78, 5) is 23.9. The van der Waals surface area contributed by atoms with E-state index in [-0.39, 0.29) is 24.6 Å². The van der Waals surface area contributed by atoms with Crippen LogP contribution in [0.5, 0.6) is 0 Å². The van der Waals surface area contributed by atoms with E-state index in [0.717, 1.165) is 4.90 Å². The molecule has 1 aliphatic rings. The van der Waals surface area contributed by atoms with Gasteiger partial charge in [-0.15, -0.1) is 0 Å². The van der Waals surface area contributed by atoms with Gasteiger partial charge in [0.2, 0.25) is 0 Å². The van der Waals surface area contributed by atoms with Crippen LogP contribution in [0.1, 0.15) is 12.5 Å². The molecule has 2 rings (SSSR count). The van der Waals surface area contributed by atoms with Crippen LogP contribution in [0.4, 0.5) is 8.78 Å². The monoisotopic (exact) mass is 283 g/mol. The van der Waals surface area contributed by atoms with E-state index >= 15 is 0 Å². The highest BCUT2D eigenvalue weighted by Crippen LogP contribution is 2.33. The van der Waals surface area contributed by atoms with Crippen LogP contribution in [0.15, 0.2) is 30.3 Å². The van der Waals surface area contributed by atoms with Crippen LogP contribution in [-0.2, 0) is 15.5 Å². The number of benzene rings is 1. The number of aliphatic carboxylic acids is 1. The fourth-order valence-electron chi connectivity index (χ4n) is 2.42. The van der Waals surface area contributed by atoms with Gasteiger partial charge in [0.05, 0.1) is 5.92 Å². The molecule has 1 amide bonds. The summed E-state index contributed by atoms with van der Waals surface area (Å²) >= 11 is 0. The lowest BCUT2D eigenvalue weighted by molar-refractivity contribution is -0.158. The number of likely N-dealkylation sites (tertiary alicyclic amines) is 1. The Morgan fingerprint density at radius 1 is 1.25 bits per heavy atom. The van der Waals surface area contributed by atoms with E-state index in [4.69, 9.17) is 5.11 Å². The fraction of sp³-hybridized carbons (Fsp3) is 0.429. The molecule has 6 heteroatoms. The molecule has 20 heavy (non-hydrogen) atoms. The average Bonchev–Trinajstić information content (AvgIpc) is 2.81. The molecule has 0 bridgehead atoms. The maximum Gasteiger partial charge on any atom is 0.349 e. The summed E-state index contributed by atoms with van der Waals surface area (Å²) in [6, 6.07) is 6.83. The van der Waals surface area contributed by atoms with Crippen molar-refractivity contribution >= 4 is 11.9 Å². The summed E-state index contributed by atoms with van der Waals surface area (Å²) < 4.78 is 28.2. The lowest BCUT2D eigenvalue weighted by atomic mass is 9.99. The smallest absolute Gasteiger partial charge is 0.349 e. The first-order chi connectivity index (χ1) is 9.34. The van der Waals surface area contributed by atoms with Crippen LogP contribution in [0.2, 0.25) is 0 Å². The third kappa shape index (κ3) is 2.50. The molecule has 1 aliphatic heterocycles. The zero-order chi connectivity index (χ0) is 14.9. The molecule has 1 aromatic carbocycles. The van der Waals surface area contributed by atoms with Gasteiger partial charge in [0.1, 0.15) is 0 Å². The van der Waals surface area contributed by atoms with Gasteiger partial charge >= 0.3 is 11.9 Å². The summed E-state index contributed by atoms with van der Waals surface area (Å²) in [6.07, 6.45) is 0. The van der Waals surface area contributed by atoms with Gasteiger partial charge in [-0.05, 0) is 5.92 Å². The van der Waals surface area contributed by atoms with E-state index in [1.165, 1.54) is 24.3 Å². The molecule has 0 spiro atoms. The standard InChI is InChI=1S/C14H15F2NO3/c1-9-7-17(8-11(9)12(18)19)13(20)14(15,16)10-5-3-2-4-6-10/h2-6,9,11H,7-8H2,1H3,(H,18,19)/t9-,11-/m1/s1. The van der Waals surface area contributed by atoms with Crippen molar-refractivity contribution in [3.8, 4) is 0 Å². The van der Waals surface area contributed by atoms with E-state index in [0.29, 0.717) is 0 Å². The second-order valence-electron chi connectivity index (χ2n) is 5.07. The molecule has 2 atom stereocenters. The highest BCUT2D eigenvalue weighted by atomic mass is 19.3. The van der Waals surface area contributed by atoms with Crippen molar-refractivity contribution in [1.29, 1.82) is 0 Å². The second-order valence-corrected chi connectivity index (χ2v) is 5.07. The van der Waals surface area contributed by atoms with E-state index in [9.17, 15) is 18.4 Å². The summed E-state index contributed by atoms with van der Waals surface area (Å²) in [5.74, 6) is -7.14. The Hall–Kier alpha value is -1.98. The number of carbonyl (C=O) groups excluding carboxylic acids is 1. The maximum atomic E-state index is 14.1. The Bertz CT molecular complexity index is 518. The van der Waals surface area contributed by atoms with Gasteiger partial charge in [0.15, 0.2) is 0 Å². The molecule has 0 radical (unpaired) electrons. The van der Waals surface area contributed by atoms with Crippen molar-refractivity contribution in [2.45, 2.75) is 12.8 Å². The second kappa shape index (κ2) is 5.19. The molecular weight excluding hydrogens is 268 g/mol. The molecule has 0 unspecified atom stereocenters. The topological polar surface area (TPSA) is 57.6 Å². The summed E-state index contributed by atoms with van der Waals surface area (Å²) in [5, 5.41) is 8.98. The number of carbonyl (C=O) groups is 2. The van der Waals surface area contributed by atoms with Crippen molar-refractivity contribution < 1.29 is 23.5 Å². The van der Waals surface area contributed by atoms with Crippen LogP contribution in [0.3, 0.4) is 0 Å². The first-order valence-corrected chi connectivity index (χ1v) is 6.29. The van der Waals surface area contributed by atoms with Gasteiger partial charge in [-0.1, -0.05) is 37.3 Å². The largest absolute Gasteiger partial charge is 0.481 e. The third-order valence-electron chi connectivity index (χ3n) is 3.62. The van der Waals surface area contributed by atoms with E-state index in [2.05, 4.69) is 0 Å². The predicted molar refractivity (Wildman–Crippen MR) is 67.2 cm³/mol. The predicted octanol–water partition coefficient (Wildman–Crippen LogP) is 1.96. The molecule has 108 valence electrons. The number of hydrogen-bond acceptors (Lipinski definition) is 2. The Morgan fingerprint density at radius 3 is 2.35 bits per heavy atom. The van der Waals surface area contributed by atoms with E-state index < -0.39 is 23.7 Å². The molecule has 1 fully saturated rings. The van der Waals surface area contributed by atoms with Crippen molar-refractivity contribution in [3.05, 3.63) is 35.9 Å². The number of alkyl halides is 2. The zero-order valence-corrected chi connectivity index (χ0v) is 10.9.